The van der Waals surface area contributed by atoms with Crippen molar-refractivity contribution in [3.63, 3.8) is 0 Å². The zero-order valence-electron chi connectivity index (χ0n) is 14.9. The molecule has 1 amide bonds. The summed E-state index contributed by atoms with van der Waals surface area (Å²) in [6.45, 7) is 10.7. The third-order valence-corrected chi connectivity index (χ3v) is 3.03. The number of rotatable bonds is 8. The van der Waals surface area contributed by atoms with Crippen LogP contribution in [0.1, 0.15) is 47.5 Å². The van der Waals surface area contributed by atoms with Crippen molar-refractivity contribution < 1.29 is 14.3 Å². The van der Waals surface area contributed by atoms with E-state index < -0.39 is 11.7 Å². The molecule has 0 bridgehead atoms. The largest absolute Gasteiger partial charge is 0.492 e. The van der Waals surface area contributed by atoms with E-state index in [1.54, 1.807) is 0 Å². The monoisotopic (exact) mass is 322 g/mol. The highest BCUT2D eigenvalue weighted by Gasteiger charge is 2.15. The van der Waals surface area contributed by atoms with E-state index >= 15 is 0 Å². The molecule has 5 nitrogen and oxygen atoms in total. The van der Waals surface area contributed by atoms with Gasteiger partial charge >= 0.3 is 6.09 Å². The van der Waals surface area contributed by atoms with E-state index in [0.717, 1.165) is 17.9 Å². The first-order valence-corrected chi connectivity index (χ1v) is 8.26. The van der Waals surface area contributed by atoms with Gasteiger partial charge in [0.05, 0.1) is 6.54 Å². The predicted molar refractivity (Wildman–Crippen MR) is 94.2 cm³/mol. The second-order valence-corrected chi connectivity index (χ2v) is 6.64. The van der Waals surface area contributed by atoms with Gasteiger partial charge in [-0.2, -0.15) is 0 Å². The van der Waals surface area contributed by atoms with Crippen molar-refractivity contribution in [1.29, 1.82) is 0 Å². The molecular formula is C18H30N2O3. The van der Waals surface area contributed by atoms with E-state index in [1.165, 1.54) is 6.42 Å². The first kappa shape index (κ1) is 19.1. The van der Waals surface area contributed by atoms with E-state index in [1.807, 2.05) is 45.0 Å². The fraction of sp³-hybridized carbons (Fsp3) is 0.611. The van der Waals surface area contributed by atoms with Gasteiger partial charge in [-0.3, -0.25) is 0 Å². The van der Waals surface area contributed by atoms with E-state index in [4.69, 9.17) is 9.47 Å². The van der Waals surface area contributed by atoms with Crippen molar-refractivity contribution in [2.24, 2.45) is 0 Å². The van der Waals surface area contributed by atoms with Crippen molar-refractivity contribution >= 4 is 11.8 Å². The molecule has 0 aromatic heterocycles. The zero-order valence-corrected chi connectivity index (χ0v) is 14.9. The van der Waals surface area contributed by atoms with Gasteiger partial charge in [-0.15, -0.1) is 0 Å². The summed E-state index contributed by atoms with van der Waals surface area (Å²) in [4.78, 5) is 11.5. The fourth-order valence-corrected chi connectivity index (χ4v) is 2.07. The van der Waals surface area contributed by atoms with Crippen LogP contribution in [-0.2, 0) is 4.74 Å². The maximum absolute atomic E-state index is 11.5. The number of alkyl carbamates (subject to hydrolysis) is 1. The summed E-state index contributed by atoms with van der Waals surface area (Å²) in [6, 6.07) is 8.32. The number of hydrogen-bond acceptors (Lipinski definition) is 4. The van der Waals surface area contributed by atoms with Crippen LogP contribution in [0.4, 0.5) is 10.5 Å². The average Bonchev–Trinajstić information content (AvgIpc) is 2.43. The van der Waals surface area contributed by atoms with Crippen molar-refractivity contribution in [2.75, 3.05) is 18.5 Å². The average molecular weight is 322 g/mol. The highest BCUT2D eigenvalue weighted by Crippen LogP contribution is 2.17. The van der Waals surface area contributed by atoms with E-state index in [9.17, 15) is 4.79 Å². The molecule has 1 aromatic rings. The molecule has 23 heavy (non-hydrogen) atoms. The van der Waals surface area contributed by atoms with Crippen LogP contribution in [0.25, 0.3) is 0 Å². The highest BCUT2D eigenvalue weighted by molar-refractivity contribution is 5.67. The quantitative estimate of drug-likeness (QED) is 0.705. The van der Waals surface area contributed by atoms with Crippen LogP contribution in [0.3, 0.4) is 0 Å². The van der Waals surface area contributed by atoms with Gasteiger partial charge < -0.3 is 20.1 Å². The Kier molecular flexibility index (Phi) is 7.72. The van der Waals surface area contributed by atoms with Crippen LogP contribution in [0.2, 0.25) is 0 Å². The lowest BCUT2D eigenvalue weighted by atomic mass is 10.2. The molecule has 0 saturated heterocycles. The summed E-state index contributed by atoms with van der Waals surface area (Å²) in [7, 11) is 0. The number of carbonyl (C=O) groups is 1. The Balaban J connectivity index is 2.27. The lowest BCUT2D eigenvalue weighted by molar-refractivity contribution is 0.0520. The minimum atomic E-state index is -0.483. The van der Waals surface area contributed by atoms with Gasteiger partial charge in [0.2, 0.25) is 0 Å². The Labute approximate surface area is 139 Å². The molecule has 1 unspecified atom stereocenters. The van der Waals surface area contributed by atoms with Gasteiger partial charge in [0.25, 0.3) is 0 Å². The lowest BCUT2D eigenvalue weighted by Gasteiger charge is -2.19. The number of carbonyl (C=O) groups excluding carboxylic acids is 1. The molecule has 5 heteroatoms. The van der Waals surface area contributed by atoms with Crippen molar-refractivity contribution in [3.05, 3.63) is 24.3 Å². The topological polar surface area (TPSA) is 59.6 Å². The van der Waals surface area contributed by atoms with Crippen molar-refractivity contribution in [1.82, 2.24) is 5.32 Å². The highest BCUT2D eigenvalue weighted by atomic mass is 16.6. The summed E-state index contributed by atoms with van der Waals surface area (Å²) < 4.78 is 10.7. The van der Waals surface area contributed by atoms with Gasteiger partial charge in [-0.05, 0) is 58.4 Å². The van der Waals surface area contributed by atoms with Crippen molar-refractivity contribution in [3.8, 4) is 5.75 Å². The molecule has 130 valence electrons. The molecule has 0 spiro atoms. The SMILES string of the molecule is CCCC(C)Nc1ccc(OCCNC(=O)OC(C)(C)C)cc1. The molecule has 0 aliphatic carbocycles. The van der Waals surface area contributed by atoms with Crippen LogP contribution in [0, 0.1) is 0 Å². The van der Waals surface area contributed by atoms with Gasteiger partial charge in [-0.25, -0.2) is 4.79 Å². The van der Waals surface area contributed by atoms with Gasteiger partial charge in [-0.1, -0.05) is 13.3 Å². The van der Waals surface area contributed by atoms with Crippen LogP contribution in [-0.4, -0.2) is 30.9 Å². The molecule has 2 N–H and O–H groups in total. The molecule has 1 aromatic carbocycles. The van der Waals surface area contributed by atoms with Gasteiger partial charge in [0, 0.05) is 11.7 Å². The molecule has 0 radical (unpaired) electrons. The molecule has 0 fully saturated rings. The zero-order chi connectivity index (χ0) is 17.3. The molecule has 1 atom stereocenters. The number of anilines is 1. The molecule has 0 aliphatic heterocycles. The maximum atomic E-state index is 11.5. The third kappa shape index (κ3) is 8.96. The van der Waals surface area contributed by atoms with Crippen molar-refractivity contribution in [2.45, 2.75) is 59.1 Å². The number of nitrogens with one attached hydrogen (secondary N) is 2. The fourth-order valence-electron chi connectivity index (χ4n) is 2.07. The molecular weight excluding hydrogens is 292 g/mol. The van der Waals surface area contributed by atoms with Crippen LogP contribution in [0.5, 0.6) is 5.75 Å². The van der Waals surface area contributed by atoms with Crippen LogP contribution >= 0.6 is 0 Å². The Hall–Kier alpha value is -1.91. The summed E-state index contributed by atoms with van der Waals surface area (Å²) in [5.41, 5.74) is 0.605. The van der Waals surface area contributed by atoms with Crippen LogP contribution < -0.4 is 15.4 Å². The first-order chi connectivity index (χ1) is 10.8. The summed E-state index contributed by atoms with van der Waals surface area (Å²) >= 11 is 0. The lowest BCUT2D eigenvalue weighted by Crippen LogP contribution is -2.34. The number of ether oxygens (including phenoxy) is 2. The van der Waals surface area contributed by atoms with E-state index in [0.29, 0.717) is 19.2 Å². The van der Waals surface area contributed by atoms with E-state index in [-0.39, 0.29) is 0 Å². The Bertz CT molecular complexity index is 466. The minimum Gasteiger partial charge on any atom is -0.492 e. The van der Waals surface area contributed by atoms with Crippen LogP contribution in [0.15, 0.2) is 24.3 Å². The summed E-state index contributed by atoms with van der Waals surface area (Å²) in [5, 5.41) is 6.11. The Morgan fingerprint density at radius 3 is 2.43 bits per heavy atom. The Morgan fingerprint density at radius 1 is 1.22 bits per heavy atom. The summed E-state index contributed by atoms with van der Waals surface area (Å²) in [5.74, 6) is 0.782. The number of benzene rings is 1. The number of hydrogen-bond donors (Lipinski definition) is 2. The maximum Gasteiger partial charge on any atom is 0.407 e. The third-order valence-electron chi connectivity index (χ3n) is 3.03. The predicted octanol–water partition coefficient (Wildman–Crippen LogP) is 4.19. The number of amides is 1. The Morgan fingerprint density at radius 2 is 1.87 bits per heavy atom. The molecule has 0 aliphatic rings. The standard InChI is InChI=1S/C18H30N2O3/c1-6-7-14(2)20-15-8-10-16(11-9-15)22-13-12-19-17(21)23-18(3,4)5/h8-11,14,20H,6-7,12-13H2,1-5H3,(H,19,21). The molecule has 1 rings (SSSR count). The second kappa shape index (κ2) is 9.28. The summed E-state index contributed by atoms with van der Waals surface area (Å²) in [6.07, 6.45) is 1.89. The molecule has 0 heterocycles. The normalized spacial score (nSPS) is 12.4. The van der Waals surface area contributed by atoms with Gasteiger partial charge in [0.1, 0.15) is 18.0 Å². The van der Waals surface area contributed by atoms with Gasteiger partial charge in [0.15, 0.2) is 0 Å². The smallest absolute Gasteiger partial charge is 0.407 e. The second-order valence-electron chi connectivity index (χ2n) is 6.64. The van der Waals surface area contributed by atoms with E-state index in [2.05, 4.69) is 24.5 Å². The first-order valence-electron chi connectivity index (χ1n) is 8.26. The molecule has 0 saturated carbocycles. The minimum absolute atomic E-state index is 0.401.